The number of carbonyl (C=O) groups is 1. The van der Waals surface area contributed by atoms with Crippen LogP contribution in [0.5, 0.6) is 11.5 Å². The van der Waals surface area contributed by atoms with Gasteiger partial charge in [0.1, 0.15) is 17.2 Å². The first-order chi connectivity index (χ1) is 12.0. The van der Waals surface area contributed by atoms with Gasteiger partial charge in [0.05, 0.1) is 18.7 Å². The van der Waals surface area contributed by atoms with Crippen LogP contribution in [0.1, 0.15) is 23.0 Å². The van der Waals surface area contributed by atoms with Crippen molar-refractivity contribution in [2.75, 3.05) is 13.7 Å². The molecule has 0 aliphatic rings. The van der Waals surface area contributed by atoms with Crippen LogP contribution in [0.3, 0.4) is 0 Å². The van der Waals surface area contributed by atoms with Crippen molar-refractivity contribution in [1.82, 2.24) is 4.57 Å². The van der Waals surface area contributed by atoms with Gasteiger partial charge in [0.15, 0.2) is 0 Å². The molecule has 2 aromatic carbocycles. The van der Waals surface area contributed by atoms with Gasteiger partial charge in [-0.05, 0) is 48.9 Å². The molecule has 1 N–H and O–H groups in total. The highest BCUT2D eigenvalue weighted by atomic mass is 35.5. The Bertz CT molecular complexity index is 933. The van der Waals surface area contributed by atoms with Gasteiger partial charge < -0.3 is 19.1 Å². The van der Waals surface area contributed by atoms with Crippen molar-refractivity contribution in [1.29, 1.82) is 0 Å². The predicted molar refractivity (Wildman–Crippen MR) is 96.7 cm³/mol. The molecule has 0 spiro atoms. The van der Waals surface area contributed by atoms with Crippen molar-refractivity contribution in [3.8, 4) is 11.5 Å². The standard InChI is InChI=1S/C19H18ClNO4/c1-3-25-19(23)17-10-13-9-14(22)5-6-16(13)21(17)11-12-4-7-18(24-2)15(20)8-12/h4-10,22H,3,11H2,1-2H3. The molecular formula is C19H18ClNO4. The van der Waals surface area contributed by atoms with Crippen molar-refractivity contribution in [3.63, 3.8) is 0 Å². The molecule has 0 saturated carbocycles. The van der Waals surface area contributed by atoms with Crippen LogP contribution < -0.4 is 4.74 Å². The van der Waals surface area contributed by atoms with E-state index in [1.165, 1.54) is 0 Å². The number of nitrogens with zero attached hydrogens (tertiary/aromatic N) is 1. The first kappa shape index (κ1) is 17.2. The van der Waals surface area contributed by atoms with E-state index in [0.717, 1.165) is 16.5 Å². The topological polar surface area (TPSA) is 60.7 Å². The normalized spacial score (nSPS) is 10.8. The molecule has 0 amide bonds. The Labute approximate surface area is 150 Å². The number of fused-ring (bicyclic) bond motifs is 1. The van der Waals surface area contributed by atoms with E-state index in [1.54, 1.807) is 44.4 Å². The van der Waals surface area contributed by atoms with E-state index >= 15 is 0 Å². The second-order valence-corrected chi connectivity index (χ2v) is 5.96. The summed E-state index contributed by atoms with van der Waals surface area (Å²) in [5.74, 6) is 0.337. The molecule has 5 nitrogen and oxygen atoms in total. The minimum absolute atomic E-state index is 0.146. The minimum atomic E-state index is -0.405. The summed E-state index contributed by atoms with van der Waals surface area (Å²) in [6, 6.07) is 12.2. The molecule has 130 valence electrons. The molecule has 0 aliphatic heterocycles. The Balaban J connectivity index is 2.08. The zero-order valence-corrected chi connectivity index (χ0v) is 14.7. The summed E-state index contributed by atoms with van der Waals surface area (Å²) in [5.41, 5.74) is 2.17. The molecule has 3 rings (SSSR count). The van der Waals surface area contributed by atoms with E-state index in [9.17, 15) is 9.90 Å². The van der Waals surface area contributed by atoms with Gasteiger partial charge in [-0.15, -0.1) is 0 Å². The number of benzene rings is 2. The number of ether oxygens (including phenoxy) is 2. The third-order valence-electron chi connectivity index (χ3n) is 3.93. The average molecular weight is 360 g/mol. The molecule has 1 aromatic heterocycles. The molecule has 0 aliphatic carbocycles. The largest absolute Gasteiger partial charge is 0.508 e. The fraction of sp³-hybridized carbons (Fsp3) is 0.211. The van der Waals surface area contributed by atoms with Crippen LogP contribution in [-0.4, -0.2) is 29.4 Å². The smallest absolute Gasteiger partial charge is 0.354 e. The summed E-state index contributed by atoms with van der Waals surface area (Å²) in [4.78, 5) is 12.3. The molecule has 0 bridgehead atoms. The number of phenols is 1. The third-order valence-corrected chi connectivity index (χ3v) is 4.22. The Morgan fingerprint density at radius 2 is 2.00 bits per heavy atom. The van der Waals surface area contributed by atoms with Crippen LogP contribution in [0.25, 0.3) is 10.9 Å². The zero-order chi connectivity index (χ0) is 18.0. The minimum Gasteiger partial charge on any atom is -0.508 e. The Kier molecular flexibility index (Phi) is 4.86. The van der Waals surface area contributed by atoms with Gasteiger partial charge in [-0.2, -0.15) is 0 Å². The van der Waals surface area contributed by atoms with E-state index in [1.807, 2.05) is 16.7 Å². The number of hydrogen-bond acceptors (Lipinski definition) is 4. The fourth-order valence-corrected chi connectivity index (χ4v) is 3.07. The lowest BCUT2D eigenvalue weighted by molar-refractivity contribution is 0.0515. The van der Waals surface area contributed by atoms with Gasteiger partial charge in [-0.25, -0.2) is 4.79 Å². The van der Waals surface area contributed by atoms with Crippen LogP contribution in [0.4, 0.5) is 0 Å². The lowest BCUT2D eigenvalue weighted by Gasteiger charge is -2.12. The number of phenolic OH excluding ortho intramolecular Hbond substituents is 1. The summed E-state index contributed by atoms with van der Waals surface area (Å²) in [5, 5.41) is 11.0. The third kappa shape index (κ3) is 3.42. The summed E-state index contributed by atoms with van der Waals surface area (Å²) in [7, 11) is 1.56. The first-order valence-corrected chi connectivity index (χ1v) is 8.23. The van der Waals surface area contributed by atoms with Gasteiger partial charge in [0.25, 0.3) is 0 Å². The first-order valence-electron chi connectivity index (χ1n) is 7.85. The van der Waals surface area contributed by atoms with Gasteiger partial charge in [-0.3, -0.25) is 0 Å². The lowest BCUT2D eigenvalue weighted by Crippen LogP contribution is -2.12. The second-order valence-electron chi connectivity index (χ2n) is 5.55. The average Bonchev–Trinajstić information content (AvgIpc) is 2.93. The number of rotatable bonds is 5. The molecular weight excluding hydrogens is 342 g/mol. The van der Waals surface area contributed by atoms with Crippen molar-refractivity contribution < 1.29 is 19.4 Å². The maximum absolute atomic E-state index is 12.3. The Morgan fingerprint density at radius 1 is 1.20 bits per heavy atom. The number of methoxy groups -OCH3 is 1. The van der Waals surface area contributed by atoms with Crippen LogP contribution in [0.15, 0.2) is 42.5 Å². The summed E-state index contributed by atoms with van der Waals surface area (Å²) in [6.07, 6.45) is 0. The molecule has 3 aromatic rings. The second kappa shape index (κ2) is 7.07. The number of hydrogen-bond donors (Lipinski definition) is 1. The van der Waals surface area contributed by atoms with Crippen molar-refractivity contribution in [2.45, 2.75) is 13.5 Å². The van der Waals surface area contributed by atoms with Crippen LogP contribution in [0.2, 0.25) is 5.02 Å². The highest BCUT2D eigenvalue weighted by Crippen LogP contribution is 2.28. The molecule has 0 unspecified atom stereocenters. The van der Waals surface area contributed by atoms with Gasteiger partial charge in [0, 0.05) is 17.4 Å². The van der Waals surface area contributed by atoms with E-state index in [4.69, 9.17) is 21.1 Å². The number of aromatic nitrogens is 1. The molecule has 0 fully saturated rings. The molecule has 1 heterocycles. The molecule has 0 atom stereocenters. The highest BCUT2D eigenvalue weighted by molar-refractivity contribution is 6.32. The van der Waals surface area contributed by atoms with E-state index in [0.29, 0.717) is 29.6 Å². The van der Waals surface area contributed by atoms with Gasteiger partial charge in [0.2, 0.25) is 0 Å². The molecule has 25 heavy (non-hydrogen) atoms. The maximum atomic E-state index is 12.3. The van der Waals surface area contributed by atoms with Crippen molar-refractivity contribution in [3.05, 3.63) is 58.7 Å². The predicted octanol–water partition coefficient (Wildman–Crippen LogP) is 4.23. The number of esters is 1. The quantitative estimate of drug-likeness (QED) is 0.692. The van der Waals surface area contributed by atoms with Crippen LogP contribution in [0, 0.1) is 0 Å². The summed E-state index contributed by atoms with van der Waals surface area (Å²) >= 11 is 6.20. The van der Waals surface area contributed by atoms with E-state index < -0.39 is 5.97 Å². The molecule has 6 heteroatoms. The van der Waals surface area contributed by atoms with Crippen molar-refractivity contribution in [2.24, 2.45) is 0 Å². The summed E-state index contributed by atoms with van der Waals surface area (Å²) < 4.78 is 12.2. The van der Waals surface area contributed by atoms with Crippen molar-refractivity contribution >= 4 is 28.5 Å². The lowest BCUT2D eigenvalue weighted by atomic mass is 10.2. The number of halogens is 1. The number of carbonyl (C=O) groups excluding carboxylic acids is 1. The molecule has 0 radical (unpaired) electrons. The van der Waals surface area contributed by atoms with Crippen LogP contribution in [-0.2, 0) is 11.3 Å². The fourth-order valence-electron chi connectivity index (χ4n) is 2.79. The van der Waals surface area contributed by atoms with E-state index in [-0.39, 0.29) is 5.75 Å². The summed E-state index contributed by atoms with van der Waals surface area (Å²) in [6.45, 7) is 2.49. The SMILES string of the molecule is CCOC(=O)c1cc2cc(O)ccc2n1Cc1ccc(OC)c(Cl)c1. The Morgan fingerprint density at radius 3 is 2.68 bits per heavy atom. The zero-order valence-electron chi connectivity index (χ0n) is 14.0. The van der Waals surface area contributed by atoms with E-state index in [2.05, 4.69) is 0 Å². The monoisotopic (exact) mass is 359 g/mol. The number of aromatic hydroxyl groups is 1. The van der Waals surface area contributed by atoms with Gasteiger partial charge in [-0.1, -0.05) is 17.7 Å². The highest BCUT2D eigenvalue weighted by Gasteiger charge is 2.17. The Hall–Kier alpha value is -2.66. The maximum Gasteiger partial charge on any atom is 0.354 e. The van der Waals surface area contributed by atoms with Gasteiger partial charge >= 0.3 is 5.97 Å². The molecule has 0 saturated heterocycles. The van der Waals surface area contributed by atoms with Crippen LogP contribution >= 0.6 is 11.6 Å².